The van der Waals surface area contributed by atoms with E-state index in [9.17, 15) is 0 Å². The van der Waals surface area contributed by atoms with Crippen LogP contribution in [0.15, 0.2) is 0 Å². The highest BCUT2D eigenvalue weighted by Crippen LogP contribution is 2.41. The molecule has 2 heteroatoms. The normalized spacial score (nSPS) is 35.6. The zero-order valence-electron chi connectivity index (χ0n) is 15.3. The number of likely N-dealkylation sites (tertiary alicyclic amines) is 1. The van der Waals surface area contributed by atoms with Crippen LogP contribution in [0.2, 0.25) is 0 Å². The fraction of sp³-hybridized carbons (Fsp3) is 1.00. The van der Waals surface area contributed by atoms with E-state index in [1.54, 1.807) is 0 Å². The molecule has 1 saturated heterocycles. The van der Waals surface area contributed by atoms with Crippen LogP contribution in [0.1, 0.15) is 60.3 Å². The van der Waals surface area contributed by atoms with Gasteiger partial charge in [0.25, 0.3) is 0 Å². The molecule has 1 N–H and O–H groups in total. The summed E-state index contributed by atoms with van der Waals surface area (Å²) in [5, 5.41) is 3.61. The largest absolute Gasteiger partial charge is 0.317 e. The molecule has 1 heterocycles. The van der Waals surface area contributed by atoms with Gasteiger partial charge in [0.2, 0.25) is 0 Å². The average molecular weight is 295 g/mol. The first-order valence-corrected chi connectivity index (χ1v) is 9.21. The van der Waals surface area contributed by atoms with Crippen LogP contribution in [0, 0.1) is 29.1 Å². The Morgan fingerprint density at radius 3 is 2.38 bits per heavy atom. The smallest absolute Gasteiger partial charge is 0.0105 e. The molecular formula is C19H38N2. The molecule has 0 amide bonds. The van der Waals surface area contributed by atoms with Gasteiger partial charge in [-0.3, -0.25) is 0 Å². The van der Waals surface area contributed by atoms with Gasteiger partial charge >= 0.3 is 0 Å². The highest BCUT2D eigenvalue weighted by molar-refractivity contribution is 4.91. The van der Waals surface area contributed by atoms with Crippen molar-refractivity contribution in [1.82, 2.24) is 10.2 Å². The molecule has 2 rings (SSSR count). The van der Waals surface area contributed by atoms with Crippen LogP contribution < -0.4 is 5.32 Å². The molecule has 0 aromatic heterocycles. The minimum absolute atomic E-state index is 0.475. The molecule has 0 aromatic rings. The van der Waals surface area contributed by atoms with Crippen LogP contribution >= 0.6 is 0 Å². The number of rotatable bonds is 4. The minimum Gasteiger partial charge on any atom is -0.317 e. The fourth-order valence-corrected chi connectivity index (χ4v) is 4.54. The summed E-state index contributed by atoms with van der Waals surface area (Å²) in [5.41, 5.74) is 0.475. The molecule has 0 aromatic carbocycles. The van der Waals surface area contributed by atoms with Gasteiger partial charge in [0.05, 0.1) is 0 Å². The third kappa shape index (κ3) is 4.45. The number of nitrogens with one attached hydrogen (secondary N) is 1. The molecule has 1 aliphatic carbocycles. The molecular weight excluding hydrogens is 256 g/mol. The fourth-order valence-electron chi connectivity index (χ4n) is 4.54. The molecule has 0 radical (unpaired) electrons. The lowest BCUT2D eigenvalue weighted by atomic mass is 9.67. The summed E-state index contributed by atoms with van der Waals surface area (Å²) in [4.78, 5) is 2.75. The van der Waals surface area contributed by atoms with Gasteiger partial charge in [0.15, 0.2) is 0 Å². The van der Waals surface area contributed by atoms with E-state index in [1.165, 1.54) is 45.3 Å². The zero-order chi connectivity index (χ0) is 15.6. The summed E-state index contributed by atoms with van der Waals surface area (Å²) in [6.45, 7) is 16.1. The van der Waals surface area contributed by atoms with Crippen molar-refractivity contribution < 1.29 is 0 Å². The summed E-state index contributed by atoms with van der Waals surface area (Å²) in [7, 11) is 2.16. The van der Waals surface area contributed by atoms with E-state index < -0.39 is 0 Å². The topological polar surface area (TPSA) is 15.3 Å². The summed E-state index contributed by atoms with van der Waals surface area (Å²) in [5.74, 6) is 3.53. The lowest BCUT2D eigenvalue weighted by molar-refractivity contribution is 0.0942. The monoisotopic (exact) mass is 294 g/mol. The second-order valence-electron chi connectivity index (χ2n) is 9.08. The predicted molar refractivity (Wildman–Crippen MR) is 92.5 cm³/mol. The second kappa shape index (κ2) is 7.00. The van der Waals surface area contributed by atoms with Gasteiger partial charge in [-0.1, -0.05) is 34.6 Å². The Kier molecular flexibility index (Phi) is 5.76. The third-order valence-corrected chi connectivity index (χ3v) is 6.32. The molecule has 0 bridgehead atoms. The maximum Gasteiger partial charge on any atom is 0.0105 e. The van der Waals surface area contributed by atoms with E-state index in [4.69, 9.17) is 0 Å². The standard InChI is InChI=1S/C19H38N2/c1-14(2)15-9-10-21(12-15)13-16-11-17(19(3,4)5)7-8-18(16)20-6/h14-18,20H,7-13H2,1-6H3. The summed E-state index contributed by atoms with van der Waals surface area (Å²) in [6, 6.07) is 0.738. The highest BCUT2D eigenvalue weighted by atomic mass is 15.2. The van der Waals surface area contributed by atoms with Gasteiger partial charge in [-0.25, -0.2) is 0 Å². The van der Waals surface area contributed by atoms with E-state index >= 15 is 0 Å². The van der Waals surface area contributed by atoms with Crippen LogP contribution in [0.4, 0.5) is 0 Å². The lowest BCUT2D eigenvalue weighted by Gasteiger charge is -2.43. The molecule has 124 valence electrons. The van der Waals surface area contributed by atoms with Crippen molar-refractivity contribution in [2.45, 2.75) is 66.3 Å². The molecule has 4 atom stereocenters. The Labute approximate surface area is 133 Å². The molecule has 2 fully saturated rings. The van der Waals surface area contributed by atoms with Crippen molar-refractivity contribution in [3.63, 3.8) is 0 Å². The van der Waals surface area contributed by atoms with Gasteiger partial charge in [-0.15, -0.1) is 0 Å². The number of hydrogen-bond donors (Lipinski definition) is 1. The Balaban J connectivity index is 1.92. The van der Waals surface area contributed by atoms with Crippen molar-refractivity contribution >= 4 is 0 Å². The van der Waals surface area contributed by atoms with Crippen LogP contribution in [-0.2, 0) is 0 Å². The van der Waals surface area contributed by atoms with Gasteiger partial charge < -0.3 is 10.2 Å². The minimum atomic E-state index is 0.475. The quantitative estimate of drug-likeness (QED) is 0.842. The first-order chi connectivity index (χ1) is 9.81. The maximum absolute atomic E-state index is 3.61. The Morgan fingerprint density at radius 2 is 1.86 bits per heavy atom. The average Bonchev–Trinajstić information content (AvgIpc) is 2.86. The van der Waals surface area contributed by atoms with Crippen LogP contribution in [0.25, 0.3) is 0 Å². The first-order valence-electron chi connectivity index (χ1n) is 9.21. The van der Waals surface area contributed by atoms with E-state index in [0.29, 0.717) is 5.41 Å². The first kappa shape index (κ1) is 17.3. The second-order valence-corrected chi connectivity index (χ2v) is 9.08. The zero-order valence-corrected chi connectivity index (χ0v) is 15.3. The van der Waals surface area contributed by atoms with Gasteiger partial charge in [0.1, 0.15) is 0 Å². The summed E-state index contributed by atoms with van der Waals surface area (Å²) < 4.78 is 0. The van der Waals surface area contributed by atoms with Gasteiger partial charge in [0, 0.05) is 19.1 Å². The molecule has 1 saturated carbocycles. The van der Waals surface area contributed by atoms with E-state index in [2.05, 4.69) is 51.9 Å². The molecule has 1 aliphatic heterocycles. The van der Waals surface area contributed by atoms with Crippen molar-refractivity contribution in [2.24, 2.45) is 29.1 Å². The lowest BCUT2D eigenvalue weighted by Crippen LogP contribution is -2.46. The SMILES string of the molecule is CNC1CCC(C(C)(C)C)CC1CN1CCC(C(C)C)C1. The van der Waals surface area contributed by atoms with E-state index in [-0.39, 0.29) is 0 Å². The summed E-state index contributed by atoms with van der Waals surface area (Å²) in [6.07, 6.45) is 5.60. The number of hydrogen-bond acceptors (Lipinski definition) is 2. The van der Waals surface area contributed by atoms with Crippen molar-refractivity contribution in [3.05, 3.63) is 0 Å². The molecule has 21 heavy (non-hydrogen) atoms. The maximum atomic E-state index is 3.61. The van der Waals surface area contributed by atoms with Crippen LogP contribution in [0.3, 0.4) is 0 Å². The van der Waals surface area contributed by atoms with Gasteiger partial charge in [-0.05, 0) is 68.4 Å². The summed E-state index contributed by atoms with van der Waals surface area (Å²) >= 11 is 0. The van der Waals surface area contributed by atoms with Crippen molar-refractivity contribution in [1.29, 1.82) is 0 Å². The van der Waals surface area contributed by atoms with Crippen molar-refractivity contribution in [2.75, 3.05) is 26.7 Å². The Morgan fingerprint density at radius 1 is 1.14 bits per heavy atom. The van der Waals surface area contributed by atoms with Crippen LogP contribution in [-0.4, -0.2) is 37.6 Å². The van der Waals surface area contributed by atoms with E-state index in [1.807, 2.05) is 0 Å². The predicted octanol–water partition coefficient (Wildman–Crippen LogP) is 4.01. The highest BCUT2D eigenvalue weighted by Gasteiger charge is 2.37. The molecule has 2 aliphatic rings. The van der Waals surface area contributed by atoms with Crippen LogP contribution in [0.5, 0.6) is 0 Å². The third-order valence-electron chi connectivity index (χ3n) is 6.32. The number of nitrogens with zero attached hydrogens (tertiary/aromatic N) is 1. The molecule has 4 unspecified atom stereocenters. The van der Waals surface area contributed by atoms with E-state index in [0.717, 1.165) is 29.7 Å². The molecule has 0 spiro atoms. The Bertz CT molecular complexity index is 318. The Hall–Kier alpha value is -0.0800. The van der Waals surface area contributed by atoms with Gasteiger partial charge in [-0.2, -0.15) is 0 Å². The molecule has 2 nitrogen and oxygen atoms in total. The van der Waals surface area contributed by atoms with Crippen molar-refractivity contribution in [3.8, 4) is 0 Å².